The first-order valence-corrected chi connectivity index (χ1v) is 7.31. The van der Waals surface area contributed by atoms with E-state index in [0.29, 0.717) is 19.8 Å². The molecule has 7 heteroatoms. The summed E-state index contributed by atoms with van der Waals surface area (Å²) in [7, 11) is -3.24. The monoisotopic (exact) mass is 259 g/mol. The van der Waals surface area contributed by atoms with E-state index in [-0.39, 0.29) is 5.20 Å². The van der Waals surface area contributed by atoms with Gasteiger partial charge in [-0.1, -0.05) is 0 Å². The van der Waals surface area contributed by atoms with Crippen molar-refractivity contribution in [2.45, 2.75) is 20.8 Å². The van der Waals surface area contributed by atoms with E-state index in [9.17, 15) is 9.59 Å². The zero-order chi connectivity index (χ0) is 12.9. The molecule has 0 aromatic heterocycles. The smallest absolute Gasteiger partial charge is 0.370 e. The highest BCUT2D eigenvalue weighted by molar-refractivity contribution is 6.75. The Hall–Kier alpha value is -1.02. The number of amides is 2. The molecule has 0 saturated carbocycles. The van der Waals surface area contributed by atoms with E-state index in [1.165, 1.54) is 6.08 Å². The highest BCUT2D eigenvalue weighted by Crippen LogP contribution is 2.22. The van der Waals surface area contributed by atoms with E-state index in [1.807, 2.05) is 0 Å². The molecule has 0 bridgehead atoms. The Bertz CT molecular complexity index is 325. The first-order chi connectivity index (χ1) is 8.09. The molecule has 1 aliphatic rings. The van der Waals surface area contributed by atoms with E-state index < -0.39 is 20.6 Å². The van der Waals surface area contributed by atoms with Crippen molar-refractivity contribution in [3.05, 3.63) is 11.3 Å². The van der Waals surface area contributed by atoms with Crippen molar-refractivity contribution >= 4 is 20.6 Å². The molecule has 6 nitrogen and oxygen atoms in total. The molecule has 0 fully saturated rings. The van der Waals surface area contributed by atoms with Crippen molar-refractivity contribution < 1.29 is 22.9 Å². The van der Waals surface area contributed by atoms with Crippen LogP contribution in [0, 0.1) is 0 Å². The van der Waals surface area contributed by atoms with Crippen LogP contribution in [0.1, 0.15) is 20.8 Å². The van der Waals surface area contributed by atoms with Gasteiger partial charge in [0, 0.05) is 25.9 Å². The summed E-state index contributed by atoms with van der Waals surface area (Å²) in [5.74, 6) is -0.946. The van der Waals surface area contributed by atoms with Gasteiger partial charge in [-0.25, -0.2) is 0 Å². The molecule has 0 radical (unpaired) electrons. The maximum Gasteiger partial charge on any atom is 0.543 e. The Morgan fingerprint density at radius 2 is 1.53 bits per heavy atom. The average molecular weight is 259 g/mol. The maximum absolute atomic E-state index is 11.7. The van der Waals surface area contributed by atoms with E-state index in [1.54, 1.807) is 20.8 Å². The molecule has 2 amide bonds. The summed E-state index contributed by atoms with van der Waals surface area (Å²) >= 11 is 0. The van der Waals surface area contributed by atoms with E-state index in [0.717, 1.165) is 0 Å². The predicted molar refractivity (Wildman–Crippen MR) is 61.9 cm³/mol. The third kappa shape index (κ3) is 3.00. The lowest BCUT2D eigenvalue weighted by Crippen LogP contribution is -2.51. The first kappa shape index (κ1) is 14.0. The standard InChI is InChI=1S/C10H17NO5Si/c1-4-14-17(15-5-2,16-6-3)8-7-9(12)11-10(8)13/h7H,4-6H2,1-3H3,(H,11,12,13). The van der Waals surface area contributed by atoms with Crippen LogP contribution >= 0.6 is 0 Å². The number of carbonyl (C=O) groups excluding carboxylic acids is 2. The van der Waals surface area contributed by atoms with Crippen molar-refractivity contribution in [2.24, 2.45) is 0 Å². The minimum atomic E-state index is -3.24. The molecule has 0 saturated heterocycles. The predicted octanol–water partition coefficient (Wildman–Crippen LogP) is 0.157. The van der Waals surface area contributed by atoms with Gasteiger partial charge in [-0.2, -0.15) is 0 Å². The lowest BCUT2D eigenvalue weighted by atomic mass is 10.5. The van der Waals surface area contributed by atoms with Gasteiger partial charge in [0.1, 0.15) is 0 Å². The van der Waals surface area contributed by atoms with Crippen molar-refractivity contribution in [1.82, 2.24) is 5.32 Å². The van der Waals surface area contributed by atoms with Gasteiger partial charge in [0.15, 0.2) is 0 Å². The lowest BCUT2D eigenvalue weighted by Gasteiger charge is -2.27. The van der Waals surface area contributed by atoms with Gasteiger partial charge in [-0.05, 0) is 20.8 Å². The molecule has 0 aromatic rings. The third-order valence-corrected chi connectivity index (χ3v) is 5.13. The van der Waals surface area contributed by atoms with Crippen LogP contribution < -0.4 is 5.32 Å². The molecular weight excluding hydrogens is 242 g/mol. The Morgan fingerprint density at radius 3 is 1.82 bits per heavy atom. The highest BCUT2D eigenvalue weighted by Gasteiger charge is 2.51. The molecule has 0 aliphatic carbocycles. The van der Waals surface area contributed by atoms with Gasteiger partial charge in [-0.3, -0.25) is 14.9 Å². The zero-order valence-electron chi connectivity index (χ0n) is 10.2. The van der Waals surface area contributed by atoms with Crippen molar-refractivity contribution in [3.63, 3.8) is 0 Å². The quantitative estimate of drug-likeness (QED) is 0.520. The fraction of sp³-hybridized carbons (Fsp3) is 0.600. The van der Waals surface area contributed by atoms with Crippen LogP contribution in [0.3, 0.4) is 0 Å². The summed E-state index contributed by atoms with van der Waals surface area (Å²) in [4.78, 5) is 22.8. The highest BCUT2D eigenvalue weighted by atomic mass is 28.4. The van der Waals surface area contributed by atoms with Crippen LogP contribution in [-0.2, 0) is 22.9 Å². The van der Waals surface area contributed by atoms with E-state index in [4.69, 9.17) is 13.3 Å². The number of hydrogen-bond acceptors (Lipinski definition) is 5. The molecule has 17 heavy (non-hydrogen) atoms. The van der Waals surface area contributed by atoms with Gasteiger partial charge in [0.25, 0.3) is 11.8 Å². The van der Waals surface area contributed by atoms with E-state index in [2.05, 4.69) is 5.32 Å². The van der Waals surface area contributed by atoms with Crippen LogP contribution in [-0.4, -0.2) is 40.4 Å². The van der Waals surface area contributed by atoms with Gasteiger partial charge >= 0.3 is 8.80 Å². The second kappa shape index (κ2) is 6.06. The second-order valence-corrected chi connectivity index (χ2v) is 5.75. The van der Waals surface area contributed by atoms with Gasteiger partial charge in [-0.15, -0.1) is 0 Å². The van der Waals surface area contributed by atoms with Gasteiger partial charge in [0.2, 0.25) is 0 Å². The zero-order valence-corrected chi connectivity index (χ0v) is 11.2. The molecule has 1 rings (SSSR count). The Morgan fingerprint density at radius 1 is 1.06 bits per heavy atom. The lowest BCUT2D eigenvalue weighted by molar-refractivity contribution is -0.123. The molecule has 1 heterocycles. The average Bonchev–Trinajstić information content (AvgIpc) is 2.59. The fourth-order valence-electron chi connectivity index (χ4n) is 1.57. The molecule has 0 unspecified atom stereocenters. The first-order valence-electron chi connectivity index (χ1n) is 5.59. The molecular formula is C10H17NO5Si. The van der Waals surface area contributed by atoms with Crippen molar-refractivity contribution in [3.8, 4) is 0 Å². The Balaban J connectivity index is 3.06. The SMILES string of the molecule is CCO[Si](OCC)(OCC)C1=CC(=O)NC1=O. The number of carbonyl (C=O) groups is 2. The third-order valence-electron chi connectivity index (χ3n) is 2.09. The summed E-state index contributed by atoms with van der Waals surface area (Å²) in [5.41, 5.74) is 0. The molecule has 0 atom stereocenters. The fourth-order valence-corrected chi connectivity index (χ4v) is 4.07. The Kier molecular flexibility index (Phi) is 5.00. The normalized spacial score (nSPS) is 16.1. The van der Waals surface area contributed by atoms with Crippen molar-refractivity contribution in [1.29, 1.82) is 0 Å². The number of imide groups is 1. The summed E-state index contributed by atoms with van der Waals surface area (Å²) in [5, 5.41) is 2.36. The van der Waals surface area contributed by atoms with Crippen LogP contribution in [0.4, 0.5) is 0 Å². The molecule has 96 valence electrons. The number of hydrogen-bond donors (Lipinski definition) is 1. The number of rotatable bonds is 7. The minimum absolute atomic E-state index is 0.188. The van der Waals surface area contributed by atoms with Crippen LogP contribution in [0.15, 0.2) is 11.3 Å². The van der Waals surface area contributed by atoms with Gasteiger partial charge in [0.05, 0.1) is 5.20 Å². The summed E-state index contributed by atoms with van der Waals surface area (Å²) in [6.45, 7) is 6.42. The number of nitrogens with one attached hydrogen (secondary N) is 1. The molecule has 0 aromatic carbocycles. The largest absolute Gasteiger partial charge is 0.543 e. The molecule has 1 aliphatic heterocycles. The van der Waals surface area contributed by atoms with Crippen LogP contribution in [0.5, 0.6) is 0 Å². The second-order valence-electron chi connectivity index (χ2n) is 3.23. The summed E-state index contributed by atoms with van der Waals surface area (Å²) in [6, 6.07) is 0. The molecule has 0 spiro atoms. The van der Waals surface area contributed by atoms with Crippen LogP contribution in [0.25, 0.3) is 0 Å². The minimum Gasteiger partial charge on any atom is -0.370 e. The molecule has 1 N–H and O–H groups in total. The van der Waals surface area contributed by atoms with Gasteiger partial charge < -0.3 is 13.3 Å². The van der Waals surface area contributed by atoms with Crippen LogP contribution in [0.2, 0.25) is 0 Å². The Labute approximate surface area is 101 Å². The summed E-state index contributed by atoms with van der Waals surface area (Å²) < 4.78 is 16.6. The van der Waals surface area contributed by atoms with E-state index >= 15 is 0 Å². The topological polar surface area (TPSA) is 73.9 Å². The maximum atomic E-state index is 11.7. The summed E-state index contributed by atoms with van der Waals surface area (Å²) in [6.07, 6.45) is 1.20. The van der Waals surface area contributed by atoms with Crippen molar-refractivity contribution in [2.75, 3.05) is 19.8 Å².